The number of non-ortho nitro benzene ring substituents is 1. The van der Waals surface area contributed by atoms with E-state index in [0.29, 0.717) is 19.0 Å². The van der Waals surface area contributed by atoms with E-state index < -0.39 is 4.92 Å². The Hall–Kier alpha value is -2.36. The molecule has 2 rings (SSSR count). The number of aryl methyl sites for hydroxylation is 1. The Morgan fingerprint density at radius 1 is 1.21 bits per heavy atom. The number of halogens is 1. The third-order valence-electron chi connectivity index (χ3n) is 3.09. The molecule has 0 radical (unpaired) electrons. The maximum atomic E-state index is 10.6. The normalized spacial score (nSPS) is 10.6. The van der Waals surface area contributed by atoms with Gasteiger partial charge in [0.05, 0.1) is 11.5 Å². The van der Waals surface area contributed by atoms with Crippen LogP contribution in [0.2, 0.25) is 0 Å². The van der Waals surface area contributed by atoms with E-state index in [2.05, 4.69) is 15.6 Å². The van der Waals surface area contributed by atoms with Gasteiger partial charge in [-0.15, -0.1) is 24.0 Å². The van der Waals surface area contributed by atoms with Gasteiger partial charge in [0.15, 0.2) is 5.96 Å². The molecule has 0 heterocycles. The Morgan fingerprint density at radius 3 is 2.54 bits per heavy atom. The summed E-state index contributed by atoms with van der Waals surface area (Å²) in [5.74, 6) is 0.348. The van der Waals surface area contributed by atoms with Crippen molar-refractivity contribution in [1.82, 2.24) is 0 Å². The van der Waals surface area contributed by atoms with Crippen LogP contribution >= 0.6 is 24.0 Å². The van der Waals surface area contributed by atoms with Crippen LogP contribution in [-0.2, 0) is 0 Å². The average molecular weight is 441 g/mol. The van der Waals surface area contributed by atoms with Crippen LogP contribution in [0.1, 0.15) is 5.56 Å². The molecule has 0 aromatic heterocycles. The molecule has 24 heavy (non-hydrogen) atoms. The topological polar surface area (TPSA) is 106 Å². The highest BCUT2D eigenvalue weighted by molar-refractivity contribution is 14.0. The molecule has 0 unspecified atom stereocenters. The van der Waals surface area contributed by atoms with Crippen molar-refractivity contribution < 1.29 is 4.92 Å². The minimum absolute atomic E-state index is 0. The number of hydrogen-bond donors (Lipinski definition) is 3. The number of nitro benzene ring substituents is 1. The highest BCUT2D eigenvalue weighted by Gasteiger charge is 2.03. The summed E-state index contributed by atoms with van der Waals surface area (Å²) in [7, 11) is 0. The SMILES string of the molecule is Cc1cccc(NC(N)=NCCNc2ccc([N+](=O)[O-])cc2)c1.I. The summed E-state index contributed by atoms with van der Waals surface area (Å²) in [5, 5.41) is 16.7. The van der Waals surface area contributed by atoms with Gasteiger partial charge in [-0.3, -0.25) is 15.1 Å². The van der Waals surface area contributed by atoms with Crippen molar-refractivity contribution in [3.63, 3.8) is 0 Å². The second kappa shape index (κ2) is 9.71. The number of guanidine groups is 1. The Labute approximate surface area is 157 Å². The van der Waals surface area contributed by atoms with Crippen molar-refractivity contribution in [2.75, 3.05) is 23.7 Å². The highest BCUT2D eigenvalue weighted by Crippen LogP contribution is 2.15. The first-order chi connectivity index (χ1) is 11.0. The average Bonchev–Trinajstić information content (AvgIpc) is 2.52. The standard InChI is InChI=1S/C16H19N5O2.HI/c1-12-3-2-4-14(11-12)20-16(17)19-10-9-18-13-5-7-15(8-6-13)21(22)23;/h2-8,11,18H,9-10H2,1H3,(H3,17,19,20);1H. The molecule has 0 amide bonds. The van der Waals surface area contributed by atoms with Crippen molar-refractivity contribution in [3.05, 3.63) is 64.2 Å². The van der Waals surface area contributed by atoms with E-state index in [-0.39, 0.29) is 29.7 Å². The molecule has 7 nitrogen and oxygen atoms in total. The molecule has 2 aromatic rings. The van der Waals surface area contributed by atoms with Crippen LogP contribution in [0.5, 0.6) is 0 Å². The Balaban J connectivity index is 0.00000288. The maximum absolute atomic E-state index is 10.6. The molecule has 128 valence electrons. The van der Waals surface area contributed by atoms with E-state index >= 15 is 0 Å². The molecular formula is C16H20IN5O2. The summed E-state index contributed by atoms with van der Waals surface area (Å²) in [6.07, 6.45) is 0. The third-order valence-corrected chi connectivity index (χ3v) is 3.09. The van der Waals surface area contributed by atoms with Gasteiger partial charge in [0.2, 0.25) is 0 Å². The summed E-state index contributed by atoms with van der Waals surface area (Å²) in [6.45, 7) is 3.07. The van der Waals surface area contributed by atoms with E-state index in [1.54, 1.807) is 12.1 Å². The molecule has 2 aromatic carbocycles. The lowest BCUT2D eigenvalue weighted by molar-refractivity contribution is -0.384. The Kier molecular flexibility index (Phi) is 7.96. The zero-order chi connectivity index (χ0) is 16.7. The predicted molar refractivity (Wildman–Crippen MR) is 108 cm³/mol. The van der Waals surface area contributed by atoms with E-state index in [9.17, 15) is 10.1 Å². The summed E-state index contributed by atoms with van der Waals surface area (Å²) in [6, 6.07) is 14.1. The van der Waals surface area contributed by atoms with Gasteiger partial charge in [-0.05, 0) is 36.8 Å². The number of nitro groups is 1. The Bertz CT molecular complexity index is 704. The lowest BCUT2D eigenvalue weighted by Crippen LogP contribution is -2.23. The highest BCUT2D eigenvalue weighted by atomic mass is 127. The molecule has 0 spiro atoms. The van der Waals surface area contributed by atoms with Crippen LogP contribution in [0.4, 0.5) is 17.1 Å². The number of nitrogens with two attached hydrogens (primary N) is 1. The van der Waals surface area contributed by atoms with Crippen molar-refractivity contribution in [3.8, 4) is 0 Å². The van der Waals surface area contributed by atoms with Gasteiger partial charge in [0, 0.05) is 30.1 Å². The van der Waals surface area contributed by atoms with Crippen LogP contribution < -0.4 is 16.4 Å². The fraction of sp³-hybridized carbons (Fsp3) is 0.188. The summed E-state index contributed by atoms with van der Waals surface area (Å²) < 4.78 is 0. The van der Waals surface area contributed by atoms with Crippen LogP contribution in [0, 0.1) is 17.0 Å². The quantitative estimate of drug-likeness (QED) is 0.159. The molecule has 0 aliphatic heterocycles. The molecule has 0 aliphatic rings. The molecule has 4 N–H and O–H groups in total. The molecule has 0 saturated carbocycles. The maximum Gasteiger partial charge on any atom is 0.269 e. The Morgan fingerprint density at radius 2 is 1.92 bits per heavy atom. The monoisotopic (exact) mass is 441 g/mol. The van der Waals surface area contributed by atoms with E-state index in [0.717, 1.165) is 16.9 Å². The van der Waals surface area contributed by atoms with Crippen LogP contribution in [0.15, 0.2) is 53.5 Å². The smallest absolute Gasteiger partial charge is 0.269 e. The number of anilines is 2. The number of benzene rings is 2. The van der Waals surface area contributed by atoms with Crippen molar-refractivity contribution >= 4 is 47.0 Å². The van der Waals surface area contributed by atoms with Gasteiger partial charge in [-0.25, -0.2) is 0 Å². The first-order valence-electron chi connectivity index (χ1n) is 7.16. The minimum atomic E-state index is -0.425. The summed E-state index contributed by atoms with van der Waals surface area (Å²) >= 11 is 0. The third kappa shape index (κ3) is 6.41. The number of hydrogen-bond acceptors (Lipinski definition) is 4. The zero-order valence-electron chi connectivity index (χ0n) is 13.2. The largest absolute Gasteiger partial charge is 0.383 e. The van der Waals surface area contributed by atoms with E-state index in [1.807, 2.05) is 31.2 Å². The van der Waals surface area contributed by atoms with Gasteiger partial charge in [0.1, 0.15) is 0 Å². The van der Waals surface area contributed by atoms with Crippen molar-refractivity contribution in [1.29, 1.82) is 0 Å². The summed E-state index contributed by atoms with van der Waals surface area (Å²) in [5.41, 5.74) is 8.74. The molecular weight excluding hydrogens is 421 g/mol. The first kappa shape index (κ1) is 19.7. The van der Waals surface area contributed by atoms with Crippen LogP contribution in [-0.4, -0.2) is 24.0 Å². The number of rotatable bonds is 6. The molecule has 0 fully saturated rings. The molecule has 0 bridgehead atoms. The number of aliphatic imine (C=N–C) groups is 1. The van der Waals surface area contributed by atoms with Crippen molar-refractivity contribution in [2.45, 2.75) is 6.92 Å². The lowest BCUT2D eigenvalue weighted by atomic mass is 10.2. The fourth-order valence-corrected chi connectivity index (χ4v) is 1.99. The van der Waals surface area contributed by atoms with Gasteiger partial charge < -0.3 is 16.4 Å². The van der Waals surface area contributed by atoms with Crippen LogP contribution in [0.3, 0.4) is 0 Å². The first-order valence-corrected chi connectivity index (χ1v) is 7.16. The van der Waals surface area contributed by atoms with Crippen LogP contribution in [0.25, 0.3) is 0 Å². The second-order valence-corrected chi connectivity index (χ2v) is 4.99. The van der Waals surface area contributed by atoms with E-state index in [1.165, 1.54) is 12.1 Å². The zero-order valence-corrected chi connectivity index (χ0v) is 15.6. The molecule has 0 saturated heterocycles. The molecule has 8 heteroatoms. The van der Waals surface area contributed by atoms with Gasteiger partial charge >= 0.3 is 0 Å². The van der Waals surface area contributed by atoms with Crippen molar-refractivity contribution in [2.24, 2.45) is 10.7 Å². The van der Waals surface area contributed by atoms with Gasteiger partial charge in [0.25, 0.3) is 5.69 Å². The predicted octanol–water partition coefficient (Wildman–Crippen LogP) is 3.36. The minimum Gasteiger partial charge on any atom is -0.383 e. The molecule has 0 aliphatic carbocycles. The second-order valence-electron chi connectivity index (χ2n) is 4.99. The van der Waals surface area contributed by atoms with Gasteiger partial charge in [-0.2, -0.15) is 0 Å². The number of nitrogens with zero attached hydrogens (tertiary/aromatic N) is 2. The van der Waals surface area contributed by atoms with Gasteiger partial charge in [-0.1, -0.05) is 12.1 Å². The number of nitrogens with one attached hydrogen (secondary N) is 2. The van der Waals surface area contributed by atoms with E-state index in [4.69, 9.17) is 5.73 Å². The molecule has 0 atom stereocenters. The fourth-order valence-electron chi connectivity index (χ4n) is 1.99. The lowest BCUT2D eigenvalue weighted by Gasteiger charge is -2.07. The summed E-state index contributed by atoms with van der Waals surface area (Å²) in [4.78, 5) is 14.4.